The lowest BCUT2D eigenvalue weighted by atomic mass is 10.1. The minimum absolute atomic E-state index is 0.285. The van der Waals surface area contributed by atoms with Gasteiger partial charge in [-0.2, -0.15) is 0 Å². The summed E-state index contributed by atoms with van der Waals surface area (Å²) < 4.78 is 12.2. The van der Waals surface area contributed by atoms with E-state index in [4.69, 9.17) is 14.6 Å². The van der Waals surface area contributed by atoms with Gasteiger partial charge in [-0.25, -0.2) is 0 Å². The zero-order valence-corrected chi connectivity index (χ0v) is 14.3. The fraction of sp³-hybridized carbons (Fsp3) is 0.368. The zero-order valence-electron chi connectivity index (χ0n) is 14.3. The van der Waals surface area contributed by atoms with Crippen LogP contribution in [0.2, 0.25) is 0 Å². The maximum atomic E-state index is 6.18. The lowest BCUT2D eigenvalue weighted by Gasteiger charge is -2.27. The van der Waals surface area contributed by atoms with Crippen molar-refractivity contribution in [2.45, 2.75) is 39.0 Å². The molecule has 1 unspecified atom stereocenters. The third-order valence-electron chi connectivity index (χ3n) is 4.86. The quantitative estimate of drug-likeness (QED) is 0.684. The van der Waals surface area contributed by atoms with Crippen molar-refractivity contribution in [1.82, 2.24) is 15.1 Å². The maximum absolute atomic E-state index is 6.18. The predicted octanol–water partition coefficient (Wildman–Crippen LogP) is 2.67. The van der Waals surface area contributed by atoms with E-state index in [9.17, 15) is 0 Å². The standard InChI is InChI=1S/C19H20N4O2/c1-12(2)22-8-7-13-5-3-4-6-17(13)24-19-10-14-9-15-16(11-18(14)25-19)21-23(22)20-15/h3-6,9,11-12,19H,7-8,10H2,1-2H3. The molecular formula is C19H20N4O2. The summed E-state index contributed by atoms with van der Waals surface area (Å²) in [5.41, 5.74) is 4.04. The number of rotatable bonds is 1. The lowest BCUT2D eigenvalue weighted by Crippen LogP contribution is -2.43. The molecule has 0 saturated carbocycles. The van der Waals surface area contributed by atoms with Crippen molar-refractivity contribution < 1.29 is 9.47 Å². The summed E-state index contributed by atoms with van der Waals surface area (Å²) in [6, 6.07) is 12.5. The number of benzene rings is 2. The SMILES string of the molecule is CC(C)N1CCc2ccccc2OC2Cc3cc4nn1nc4cc3O2. The summed E-state index contributed by atoms with van der Waals surface area (Å²) in [6.07, 6.45) is 1.28. The van der Waals surface area contributed by atoms with Crippen molar-refractivity contribution in [3.8, 4) is 11.5 Å². The first-order valence-corrected chi connectivity index (χ1v) is 8.75. The minimum atomic E-state index is -0.295. The summed E-state index contributed by atoms with van der Waals surface area (Å²) in [7, 11) is 0. The van der Waals surface area contributed by atoms with Crippen molar-refractivity contribution in [1.29, 1.82) is 0 Å². The average Bonchev–Trinajstić information content (AvgIpc) is 3.16. The molecule has 3 aliphatic rings. The number of ether oxygens (including phenoxy) is 2. The molecule has 6 bridgehead atoms. The largest absolute Gasteiger partial charge is 0.454 e. The molecule has 3 aliphatic heterocycles. The van der Waals surface area contributed by atoms with Crippen LogP contribution in [0.4, 0.5) is 0 Å². The third kappa shape index (κ3) is 2.40. The normalized spacial score (nSPS) is 18.8. The highest BCUT2D eigenvalue weighted by molar-refractivity contribution is 5.77. The van der Waals surface area contributed by atoms with E-state index in [-0.39, 0.29) is 12.3 Å². The van der Waals surface area contributed by atoms with E-state index >= 15 is 0 Å². The van der Waals surface area contributed by atoms with Gasteiger partial charge in [0.2, 0.25) is 6.29 Å². The number of fused-ring (bicyclic) bond motifs is 2. The Morgan fingerprint density at radius 1 is 1.00 bits per heavy atom. The molecule has 2 aromatic carbocycles. The van der Waals surface area contributed by atoms with Crippen LogP contribution >= 0.6 is 0 Å². The number of para-hydroxylation sites is 1. The van der Waals surface area contributed by atoms with Crippen LogP contribution in [0.1, 0.15) is 25.0 Å². The maximum Gasteiger partial charge on any atom is 0.245 e. The van der Waals surface area contributed by atoms with E-state index in [1.807, 2.05) is 24.3 Å². The van der Waals surface area contributed by atoms with Gasteiger partial charge in [-0.1, -0.05) is 23.1 Å². The van der Waals surface area contributed by atoms with Gasteiger partial charge in [0, 0.05) is 24.2 Å². The Hall–Kier alpha value is -2.76. The molecule has 0 aliphatic carbocycles. The molecule has 4 heterocycles. The highest BCUT2D eigenvalue weighted by atomic mass is 16.7. The number of aromatic nitrogens is 3. The Bertz CT molecular complexity index is 907. The smallest absolute Gasteiger partial charge is 0.245 e. The van der Waals surface area contributed by atoms with Gasteiger partial charge in [0.05, 0.1) is 6.42 Å². The Morgan fingerprint density at radius 3 is 2.60 bits per heavy atom. The first kappa shape index (κ1) is 14.6. The molecule has 6 heteroatoms. The Kier molecular flexibility index (Phi) is 3.13. The summed E-state index contributed by atoms with van der Waals surface area (Å²) in [6.45, 7) is 5.12. The molecule has 0 fully saturated rings. The van der Waals surface area contributed by atoms with E-state index in [1.165, 1.54) is 5.56 Å². The Balaban J connectivity index is 1.66. The summed E-state index contributed by atoms with van der Waals surface area (Å²) in [4.78, 5) is 1.74. The van der Waals surface area contributed by atoms with Crippen LogP contribution in [0.3, 0.4) is 0 Å². The van der Waals surface area contributed by atoms with Gasteiger partial charge in [0.1, 0.15) is 22.5 Å². The highest BCUT2D eigenvalue weighted by Crippen LogP contribution is 2.34. The minimum Gasteiger partial charge on any atom is -0.454 e. The molecule has 6 rings (SSSR count). The van der Waals surface area contributed by atoms with E-state index in [0.29, 0.717) is 0 Å². The third-order valence-corrected chi connectivity index (χ3v) is 4.86. The molecule has 128 valence electrons. The van der Waals surface area contributed by atoms with Gasteiger partial charge in [0.15, 0.2) is 0 Å². The number of nitrogens with zero attached hydrogens (tertiary/aromatic N) is 4. The summed E-state index contributed by atoms with van der Waals surface area (Å²) in [5, 5.41) is 11.5. The zero-order chi connectivity index (χ0) is 17.0. The Morgan fingerprint density at radius 2 is 1.76 bits per heavy atom. The molecule has 0 radical (unpaired) electrons. The first-order chi connectivity index (χ1) is 12.2. The van der Waals surface area contributed by atoms with Crippen LogP contribution in [0.5, 0.6) is 11.5 Å². The first-order valence-electron chi connectivity index (χ1n) is 8.75. The van der Waals surface area contributed by atoms with Gasteiger partial charge < -0.3 is 9.47 Å². The van der Waals surface area contributed by atoms with Gasteiger partial charge in [-0.3, -0.25) is 5.01 Å². The molecule has 1 atom stereocenters. The molecule has 0 amide bonds. The van der Waals surface area contributed by atoms with Crippen LogP contribution in [0, 0.1) is 0 Å². The van der Waals surface area contributed by atoms with E-state index in [0.717, 1.165) is 47.5 Å². The molecule has 0 saturated heterocycles. The van der Waals surface area contributed by atoms with Gasteiger partial charge in [0.25, 0.3) is 0 Å². The van der Waals surface area contributed by atoms with Crippen LogP contribution in [0.25, 0.3) is 11.0 Å². The summed E-state index contributed by atoms with van der Waals surface area (Å²) in [5.74, 6) is 1.74. The monoisotopic (exact) mass is 336 g/mol. The van der Waals surface area contributed by atoms with Gasteiger partial charge >= 0.3 is 0 Å². The Labute approximate surface area is 145 Å². The second-order valence-corrected chi connectivity index (χ2v) is 6.90. The fourth-order valence-corrected chi connectivity index (χ4v) is 3.55. The van der Waals surface area contributed by atoms with Crippen LogP contribution in [-0.4, -0.2) is 34.0 Å². The molecule has 0 spiro atoms. The van der Waals surface area contributed by atoms with Gasteiger partial charge in [-0.05, 0) is 38.0 Å². The van der Waals surface area contributed by atoms with Crippen LogP contribution in [-0.2, 0) is 12.8 Å². The molecular weight excluding hydrogens is 316 g/mol. The van der Waals surface area contributed by atoms with Crippen molar-refractivity contribution in [2.75, 3.05) is 11.6 Å². The molecule has 25 heavy (non-hydrogen) atoms. The second kappa shape index (κ2) is 5.37. The van der Waals surface area contributed by atoms with E-state index < -0.39 is 0 Å². The van der Waals surface area contributed by atoms with Crippen molar-refractivity contribution in [2.24, 2.45) is 0 Å². The molecule has 0 N–H and O–H groups in total. The van der Waals surface area contributed by atoms with Crippen molar-refractivity contribution in [3.63, 3.8) is 0 Å². The van der Waals surface area contributed by atoms with E-state index in [1.54, 1.807) is 4.91 Å². The van der Waals surface area contributed by atoms with Crippen molar-refractivity contribution in [3.05, 3.63) is 47.5 Å². The van der Waals surface area contributed by atoms with E-state index in [2.05, 4.69) is 36.1 Å². The number of hydrogen-bond donors (Lipinski definition) is 0. The summed E-state index contributed by atoms with van der Waals surface area (Å²) >= 11 is 0. The predicted molar refractivity (Wildman–Crippen MR) is 94.6 cm³/mol. The number of hydrogen-bond acceptors (Lipinski definition) is 5. The van der Waals surface area contributed by atoms with Crippen LogP contribution in [0.15, 0.2) is 36.4 Å². The molecule has 3 aromatic rings. The van der Waals surface area contributed by atoms with Crippen molar-refractivity contribution >= 4 is 11.0 Å². The highest BCUT2D eigenvalue weighted by Gasteiger charge is 2.27. The van der Waals surface area contributed by atoms with Gasteiger partial charge in [-0.15, -0.1) is 10.2 Å². The second-order valence-electron chi connectivity index (χ2n) is 6.90. The fourth-order valence-electron chi connectivity index (χ4n) is 3.55. The topological polar surface area (TPSA) is 52.4 Å². The molecule has 1 aromatic heterocycles. The molecule has 6 nitrogen and oxygen atoms in total. The van der Waals surface area contributed by atoms with Crippen LogP contribution < -0.4 is 14.5 Å². The average molecular weight is 336 g/mol. The lowest BCUT2D eigenvalue weighted by molar-refractivity contribution is 0.0245.